The Morgan fingerprint density at radius 3 is 2.70 bits per heavy atom. The van der Waals surface area contributed by atoms with Crippen molar-refractivity contribution in [3.63, 3.8) is 0 Å². The maximum absolute atomic E-state index is 5.03. The molecule has 0 aliphatic heterocycles. The first-order chi connectivity index (χ1) is 9.60. The maximum Gasteiger partial charge on any atom is 0.0587 e. The fourth-order valence-corrected chi connectivity index (χ4v) is 2.48. The molecule has 0 spiro atoms. The molecular formula is C17H30N2O. The van der Waals surface area contributed by atoms with Crippen molar-refractivity contribution in [3.05, 3.63) is 29.3 Å². The van der Waals surface area contributed by atoms with E-state index in [4.69, 9.17) is 4.74 Å². The van der Waals surface area contributed by atoms with Gasteiger partial charge in [-0.1, -0.05) is 25.5 Å². The number of aryl methyl sites for hydroxylation is 1. The molecule has 1 unspecified atom stereocenters. The molecule has 1 atom stereocenters. The smallest absolute Gasteiger partial charge is 0.0587 e. The monoisotopic (exact) mass is 278 g/mol. The highest BCUT2D eigenvalue weighted by molar-refractivity contribution is 5.54. The Kier molecular flexibility index (Phi) is 7.63. The predicted molar refractivity (Wildman–Crippen MR) is 87.5 cm³/mol. The Hall–Kier alpha value is -1.06. The molecule has 20 heavy (non-hydrogen) atoms. The van der Waals surface area contributed by atoms with Crippen molar-refractivity contribution in [2.45, 2.75) is 46.2 Å². The summed E-state index contributed by atoms with van der Waals surface area (Å²) in [5.41, 5.74) is 4.02. The Labute approximate surface area is 124 Å². The lowest BCUT2D eigenvalue weighted by Crippen LogP contribution is -2.29. The van der Waals surface area contributed by atoms with Gasteiger partial charge in [-0.25, -0.2) is 0 Å². The summed E-state index contributed by atoms with van der Waals surface area (Å²) in [6, 6.07) is 7.33. The number of nitrogens with one attached hydrogen (secondary N) is 1. The van der Waals surface area contributed by atoms with Gasteiger partial charge >= 0.3 is 0 Å². The molecule has 0 aliphatic rings. The molecular weight excluding hydrogens is 248 g/mol. The standard InChI is InChI=1S/C17H30N2O/c1-6-7-15(3)19(4)17-9-8-16(12-14(17)2)13-18-10-11-20-5/h8-9,12,15,18H,6-7,10-11,13H2,1-5H3. The van der Waals surface area contributed by atoms with Crippen LogP contribution >= 0.6 is 0 Å². The zero-order valence-corrected chi connectivity index (χ0v) is 13.7. The van der Waals surface area contributed by atoms with Crippen molar-refractivity contribution < 1.29 is 4.74 Å². The number of ether oxygens (including phenoxy) is 1. The molecule has 3 heteroatoms. The van der Waals surface area contributed by atoms with Crippen LogP contribution in [-0.2, 0) is 11.3 Å². The zero-order chi connectivity index (χ0) is 15.0. The van der Waals surface area contributed by atoms with E-state index in [1.165, 1.54) is 29.7 Å². The van der Waals surface area contributed by atoms with Crippen molar-refractivity contribution in [2.75, 3.05) is 32.2 Å². The zero-order valence-electron chi connectivity index (χ0n) is 13.7. The van der Waals surface area contributed by atoms with Gasteiger partial charge in [0.1, 0.15) is 0 Å². The topological polar surface area (TPSA) is 24.5 Å². The lowest BCUT2D eigenvalue weighted by Gasteiger charge is -2.28. The third-order valence-electron chi connectivity index (χ3n) is 3.82. The first kappa shape index (κ1) is 17.0. The van der Waals surface area contributed by atoms with E-state index in [1.54, 1.807) is 7.11 Å². The molecule has 0 amide bonds. The van der Waals surface area contributed by atoms with Crippen LogP contribution in [0.2, 0.25) is 0 Å². The van der Waals surface area contributed by atoms with Gasteiger partial charge in [-0.3, -0.25) is 0 Å². The van der Waals surface area contributed by atoms with E-state index in [2.05, 4.69) is 56.2 Å². The molecule has 0 bridgehead atoms. The number of anilines is 1. The SMILES string of the molecule is CCCC(C)N(C)c1ccc(CNCCOC)cc1C. The number of hydrogen-bond donors (Lipinski definition) is 1. The van der Waals surface area contributed by atoms with Crippen LogP contribution in [0.5, 0.6) is 0 Å². The minimum Gasteiger partial charge on any atom is -0.383 e. The molecule has 0 aromatic heterocycles. The van der Waals surface area contributed by atoms with Crippen LogP contribution in [0.1, 0.15) is 37.8 Å². The molecule has 1 rings (SSSR count). The average molecular weight is 278 g/mol. The minimum atomic E-state index is 0.587. The van der Waals surface area contributed by atoms with Crippen LogP contribution < -0.4 is 10.2 Å². The number of hydrogen-bond acceptors (Lipinski definition) is 3. The molecule has 0 radical (unpaired) electrons. The summed E-state index contributed by atoms with van der Waals surface area (Å²) in [7, 11) is 3.92. The normalized spacial score (nSPS) is 12.4. The summed E-state index contributed by atoms with van der Waals surface area (Å²) >= 11 is 0. The van der Waals surface area contributed by atoms with Crippen molar-refractivity contribution in [1.82, 2.24) is 5.32 Å². The van der Waals surface area contributed by atoms with Gasteiger partial charge in [-0.2, -0.15) is 0 Å². The van der Waals surface area contributed by atoms with Crippen LogP contribution in [-0.4, -0.2) is 33.4 Å². The fourth-order valence-electron chi connectivity index (χ4n) is 2.48. The summed E-state index contributed by atoms with van der Waals surface area (Å²) in [5.74, 6) is 0. The van der Waals surface area contributed by atoms with Crippen molar-refractivity contribution in [1.29, 1.82) is 0 Å². The number of methoxy groups -OCH3 is 1. The average Bonchev–Trinajstić information content (AvgIpc) is 2.43. The Morgan fingerprint density at radius 1 is 1.35 bits per heavy atom. The summed E-state index contributed by atoms with van der Waals surface area (Å²) in [6.45, 7) is 9.29. The fraction of sp³-hybridized carbons (Fsp3) is 0.647. The second-order valence-electron chi connectivity index (χ2n) is 5.54. The highest BCUT2D eigenvalue weighted by atomic mass is 16.5. The van der Waals surface area contributed by atoms with Crippen LogP contribution in [0.3, 0.4) is 0 Å². The lowest BCUT2D eigenvalue weighted by atomic mass is 10.1. The molecule has 0 saturated carbocycles. The molecule has 1 aromatic rings. The van der Waals surface area contributed by atoms with Crippen LogP contribution in [0.4, 0.5) is 5.69 Å². The second-order valence-corrected chi connectivity index (χ2v) is 5.54. The minimum absolute atomic E-state index is 0.587. The van der Waals surface area contributed by atoms with E-state index in [9.17, 15) is 0 Å². The van der Waals surface area contributed by atoms with E-state index in [0.717, 1.165) is 19.7 Å². The Balaban J connectivity index is 2.63. The van der Waals surface area contributed by atoms with Crippen molar-refractivity contribution in [3.8, 4) is 0 Å². The molecule has 1 N–H and O–H groups in total. The molecule has 0 fully saturated rings. The van der Waals surface area contributed by atoms with E-state index >= 15 is 0 Å². The summed E-state index contributed by atoms with van der Waals surface area (Å²) in [5, 5.41) is 3.38. The Morgan fingerprint density at radius 2 is 2.10 bits per heavy atom. The molecule has 1 aromatic carbocycles. The van der Waals surface area contributed by atoms with E-state index < -0.39 is 0 Å². The van der Waals surface area contributed by atoms with Gasteiger partial charge in [-0.05, 0) is 37.5 Å². The first-order valence-corrected chi connectivity index (χ1v) is 7.62. The summed E-state index contributed by atoms with van der Waals surface area (Å²) in [6.07, 6.45) is 2.46. The van der Waals surface area contributed by atoms with Crippen molar-refractivity contribution in [2.24, 2.45) is 0 Å². The summed E-state index contributed by atoms with van der Waals surface area (Å²) < 4.78 is 5.03. The third-order valence-corrected chi connectivity index (χ3v) is 3.82. The van der Waals surface area contributed by atoms with Crippen LogP contribution in [0.15, 0.2) is 18.2 Å². The molecule has 114 valence electrons. The Bertz CT molecular complexity index is 393. The molecule has 3 nitrogen and oxygen atoms in total. The second kappa shape index (κ2) is 8.98. The van der Waals surface area contributed by atoms with Crippen LogP contribution in [0.25, 0.3) is 0 Å². The van der Waals surface area contributed by atoms with Gasteiger partial charge in [0, 0.05) is 39.0 Å². The number of rotatable bonds is 9. The van der Waals surface area contributed by atoms with Crippen LogP contribution in [0, 0.1) is 6.92 Å². The van der Waals surface area contributed by atoms with Gasteiger partial charge in [0.25, 0.3) is 0 Å². The summed E-state index contributed by atoms with van der Waals surface area (Å²) in [4.78, 5) is 2.39. The largest absolute Gasteiger partial charge is 0.383 e. The van der Waals surface area contributed by atoms with Crippen molar-refractivity contribution >= 4 is 5.69 Å². The third kappa shape index (κ3) is 5.14. The van der Waals surface area contributed by atoms with E-state index in [0.29, 0.717) is 6.04 Å². The van der Waals surface area contributed by atoms with Gasteiger partial charge in [0.15, 0.2) is 0 Å². The number of benzene rings is 1. The van der Waals surface area contributed by atoms with E-state index in [1.807, 2.05) is 0 Å². The quantitative estimate of drug-likeness (QED) is 0.701. The van der Waals surface area contributed by atoms with Gasteiger partial charge in [-0.15, -0.1) is 0 Å². The highest BCUT2D eigenvalue weighted by Crippen LogP contribution is 2.23. The maximum atomic E-state index is 5.03. The van der Waals surface area contributed by atoms with Gasteiger partial charge < -0.3 is 15.0 Å². The number of nitrogens with zero attached hydrogens (tertiary/aromatic N) is 1. The highest BCUT2D eigenvalue weighted by Gasteiger charge is 2.11. The molecule has 0 heterocycles. The van der Waals surface area contributed by atoms with Gasteiger partial charge in [0.2, 0.25) is 0 Å². The van der Waals surface area contributed by atoms with E-state index in [-0.39, 0.29) is 0 Å². The predicted octanol–water partition coefficient (Wildman–Crippen LogP) is 3.36. The van der Waals surface area contributed by atoms with Gasteiger partial charge in [0.05, 0.1) is 6.61 Å². The molecule has 0 aliphatic carbocycles. The molecule has 0 saturated heterocycles. The lowest BCUT2D eigenvalue weighted by molar-refractivity contribution is 0.199. The first-order valence-electron chi connectivity index (χ1n) is 7.62.